The number of amides is 1. The van der Waals surface area contributed by atoms with Crippen molar-refractivity contribution in [2.75, 3.05) is 11.9 Å². The molecule has 1 amide bonds. The fourth-order valence-electron chi connectivity index (χ4n) is 3.35. The van der Waals surface area contributed by atoms with E-state index in [-0.39, 0.29) is 5.75 Å². The largest absolute Gasteiger partial charge is 0.463 e. The van der Waals surface area contributed by atoms with E-state index in [1.807, 2.05) is 5.32 Å². The quantitative estimate of drug-likeness (QED) is 0.425. The predicted molar refractivity (Wildman–Crippen MR) is 116 cm³/mol. The van der Waals surface area contributed by atoms with Gasteiger partial charge in [-0.05, 0) is 12.1 Å². The molecule has 2 heterocycles. The fourth-order valence-corrected chi connectivity index (χ4v) is 3.35. The number of ether oxygens (including phenoxy) is 5. The summed E-state index contributed by atoms with van der Waals surface area (Å²) in [5, 5.41) is 2.02. The lowest BCUT2D eigenvalue weighted by atomic mass is 10.1. The number of benzene rings is 1. The van der Waals surface area contributed by atoms with Crippen molar-refractivity contribution in [3.05, 3.63) is 52.8 Å². The number of carbonyl (C=O) groups is 4. The van der Waals surface area contributed by atoms with Gasteiger partial charge < -0.3 is 23.7 Å². The highest BCUT2D eigenvalue weighted by Gasteiger charge is 2.51. The third-order valence-electron chi connectivity index (χ3n) is 4.70. The van der Waals surface area contributed by atoms with Gasteiger partial charge in [0, 0.05) is 20.8 Å². The molecule has 13 nitrogen and oxygen atoms in total. The zero-order valence-electron chi connectivity index (χ0n) is 19.3. The first-order valence-electron chi connectivity index (χ1n) is 10.5. The Bertz CT molecular complexity index is 1200. The van der Waals surface area contributed by atoms with E-state index >= 15 is 0 Å². The number of esters is 3. The zero-order chi connectivity index (χ0) is 26.4. The summed E-state index contributed by atoms with van der Waals surface area (Å²) in [6.45, 7) is 2.87. The Hall–Kier alpha value is -4.33. The van der Waals surface area contributed by atoms with Crippen LogP contribution >= 0.6 is 0 Å². The van der Waals surface area contributed by atoms with Gasteiger partial charge in [-0.15, -0.1) is 0 Å². The average molecular weight is 507 g/mol. The molecular weight excluding hydrogens is 485 g/mol. The van der Waals surface area contributed by atoms with Crippen molar-refractivity contribution in [1.29, 1.82) is 0 Å². The minimum absolute atomic E-state index is 0.169. The molecule has 1 fully saturated rings. The smallest absolute Gasteiger partial charge is 0.418 e. The number of halogens is 1. The van der Waals surface area contributed by atoms with Crippen LogP contribution in [0.4, 0.5) is 15.0 Å². The van der Waals surface area contributed by atoms with Crippen molar-refractivity contribution in [3.8, 4) is 5.75 Å². The first-order chi connectivity index (χ1) is 17.0. The van der Waals surface area contributed by atoms with Crippen LogP contribution in [0, 0.1) is 5.82 Å². The molecule has 1 saturated heterocycles. The van der Waals surface area contributed by atoms with E-state index in [2.05, 4.69) is 4.98 Å². The lowest BCUT2D eigenvalue weighted by Crippen LogP contribution is -2.42. The fraction of sp³-hybridized carbons (Fsp3) is 0.364. The summed E-state index contributed by atoms with van der Waals surface area (Å²) in [5.74, 6) is -3.98. The summed E-state index contributed by atoms with van der Waals surface area (Å²) in [6, 6.07) is 7.89. The van der Waals surface area contributed by atoms with Crippen LogP contribution in [-0.4, -0.2) is 58.5 Å². The lowest BCUT2D eigenvalue weighted by molar-refractivity contribution is -0.166. The van der Waals surface area contributed by atoms with Gasteiger partial charge in [0.25, 0.3) is 0 Å². The summed E-state index contributed by atoms with van der Waals surface area (Å²) in [4.78, 5) is 62.9. The molecule has 0 bridgehead atoms. The van der Waals surface area contributed by atoms with Gasteiger partial charge in [0.05, 0.1) is 6.20 Å². The van der Waals surface area contributed by atoms with Gasteiger partial charge in [-0.2, -0.15) is 4.98 Å². The number of carbonyl (C=O) groups excluding carboxylic acids is 4. The molecule has 3 rings (SSSR count). The van der Waals surface area contributed by atoms with E-state index in [9.17, 15) is 28.4 Å². The molecule has 0 aliphatic carbocycles. The number of nitrogens with zero attached hydrogens (tertiary/aromatic N) is 2. The first-order valence-corrected chi connectivity index (χ1v) is 10.5. The van der Waals surface area contributed by atoms with Crippen molar-refractivity contribution >= 4 is 29.8 Å². The lowest BCUT2D eigenvalue weighted by Gasteiger charge is -2.24. The third-order valence-corrected chi connectivity index (χ3v) is 4.70. The normalized spacial score (nSPS) is 20.8. The molecule has 14 heteroatoms. The molecular formula is C22H22FN3O10. The van der Waals surface area contributed by atoms with Crippen LogP contribution in [0.5, 0.6) is 5.75 Å². The van der Waals surface area contributed by atoms with Crippen LogP contribution in [0.1, 0.15) is 27.0 Å². The van der Waals surface area contributed by atoms with E-state index in [1.165, 1.54) is 12.1 Å². The zero-order valence-corrected chi connectivity index (χ0v) is 19.3. The summed E-state index contributed by atoms with van der Waals surface area (Å²) in [5.41, 5.74) is -1.11. The number of para-hydroxylation sites is 1. The number of nitrogens with one attached hydrogen (secondary N) is 1. The number of aromatic nitrogens is 2. The monoisotopic (exact) mass is 507 g/mol. The highest BCUT2D eigenvalue weighted by Crippen LogP contribution is 2.34. The average Bonchev–Trinajstić information content (AvgIpc) is 3.10. The summed E-state index contributed by atoms with van der Waals surface area (Å²) < 4.78 is 41.4. The molecule has 0 spiro atoms. The molecule has 1 N–H and O–H groups in total. The van der Waals surface area contributed by atoms with Crippen LogP contribution in [0.2, 0.25) is 0 Å². The molecule has 1 aromatic carbocycles. The maximum Gasteiger partial charge on any atom is 0.418 e. The van der Waals surface area contributed by atoms with Gasteiger partial charge in [0.15, 0.2) is 30.1 Å². The molecule has 0 radical (unpaired) electrons. The van der Waals surface area contributed by atoms with Gasteiger partial charge in [0.1, 0.15) is 18.5 Å². The van der Waals surface area contributed by atoms with Gasteiger partial charge in [-0.25, -0.2) is 14.0 Å². The van der Waals surface area contributed by atoms with E-state index < -0.39 is 72.5 Å². The van der Waals surface area contributed by atoms with E-state index in [0.29, 0.717) is 10.8 Å². The maximum absolute atomic E-state index is 14.8. The minimum Gasteiger partial charge on any atom is -0.463 e. The third kappa shape index (κ3) is 6.63. The standard InChI is InChI=1S/C22H22FN3O10/c1-11(27)32-10-16-17(33-12(2)28)18(34-13(3)29)20(36-16)26-9-15(23)19(24-21(26)30)25-22(31)35-14-7-5-4-6-8-14/h4-9,16-18,20H,10H2,1-3H3,(H,24,25,30,31)/t16-,17-,18-,20-/m1/s1. The van der Waals surface area contributed by atoms with Gasteiger partial charge >= 0.3 is 29.7 Å². The minimum atomic E-state index is -1.52. The Balaban J connectivity index is 1.88. The van der Waals surface area contributed by atoms with E-state index in [0.717, 1.165) is 20.8 Å². The van der Waals surface area contributed by atoms with Crippen molar-refractivity contribution < 1.29 is 47.3 Å². The van der Waals surface area contributed by atoms with Crippen LogP contribution in [-0.2, 0) is 33.3 Å². The summed E-state index contributed by atoms with van der Waals surface area (Å²) in [6.07, 6.45) is -5.85. The SMILES string of the molecule is CC(=O)OC[C@H]1O[C@@H](n2cc(F)c(NC(=O)Oc3ccccc3)nc2=O)[C@H](OC(C)=O)[C@@H]1OC(C)=O. The van der Waals surface area contributed by atoms with Crippen LogP contribution in [0.25, 0.3) is 0 Å². The van der Waals surface area contributed by atoms with Crippen molar-refractivity contribution in [3.63, 3.8) is 0 Å². The molecule has 1 aliphatic rings. The Kier molecular flexibility index (Phi) is 8.32. The van der Waals surface area contributed by atoms with Crippen LogP contribution in [0.3, 0.4) is 0 Å². The van der Waals surface area contributed by atoms with Gasteiger partial charge in [0.2, 0.25) is 0 Å². The molecule has 36 heavy (non-hydrogen) atoms. The second kappa shape index (κ2) is 11.4. The van der Waals surface area contributed by atoms with Crippen LogP contribution < -0.4 is 15.7 Å². The molecule has 0 saturated carbocycles. The predicted octanol–water partition coefficient (Wildman–Crippen LogP) is 1.32. The number of hydrogen-bond donors (Lipinski definition) is 1. The Morgan fingerprint density at radius 3 is 2.28 bits per heavy atom. The van der Waals surface area contributed by atoms with Crippen molar-refractivity contribution in [2.24, 2.45) is 0 Å². The molecule has 1 aromatic heterocycles. The number of anilines is 1. The van der Waals surface area contributed by atoms with Crippen molar-refractivity contribution in [1.82, 2.24) is 9.55 Å². The second-order valence-corrected chi connectivity index (χ2v) is 7.47. The van der Waals surface area contributed by atoms with Gasteiger partial charge in [-0.3, -0.25) is 24.3 Å². The Morgan fingerprint density at radius 1 is 1.03 bits per heavy atom. The molecule has 1 aliphatic heterocycles. The Labute approximate surface area is 203 Å². The molecule has 0 unspecified atom stereocenters. The van der Waals surface area contributed by atoms with Crippen LogP contribution in [0.15, 0.2) is 41.3 Å². The Morgan fingerprint density at radius 2 is 1.67 bits per heavy atom. The summed E-state index contributed by atoms with van der Waals surface area (Å²) in [7, 11) is 0. The topological polar surface area (TPSA) is 161 Å². The summed E-state index contributed by atoms with van der Waals surface area (Å²) >= 11 is 0. The van der Waals surface area contributed by atoms with Gasteiger partial charge in [-0.1, -0.05) is 18.2 Å². The first kappa shape index (κ1) is 26.3. The number of hydrogen-bond acceptors (Lipinski definition) is 11. The second-order valence-electron chi connectivity index (χ2n) is 7.47. The molecule has 192 valence electrons. The van der Waals surface area contributed by atoms with Crippen molar-refractivity contribution in [2.45, 2.75) is 45.3 Å². The van der Waals surface area contributed by atoms with E-state index in [4.69, 9.17) is 23.7 Å². The maximum atomic E-state index is 14.8. The highest BCUT2D eigenvalue weighted by atomic mass is 19.1. The number of rotatable bonds is 7. The highest BCUT2D eigenvalue weighted by molar-refractivity contribution is 5.85. The van der Waals surface area contributed by atoms with E-state index in [1.54, 1.807) is 18.2 Å². The molecule has 4 atom stereocenters. The molecule has 2 aromatic rings.